The van der Waals surface area contributed by atoms with Gasteiger partial charge >= 0.3 is 0 Å². The van der Waals surface area contributed by atoms with Crippen LogP contribution < -0.4 is 24.2 Å². The van der Waals surface area contributed by atoms with Gasteiger partial charge in [-0.25, -0.2) is 4.90 Å². The lowest BCUT2D eigenvalue weighted by Crippen LogP contribution is -2.44. The summed E-state index contributed by atoms with van der Waals surface area (Å²) in [6.45, 7) is 0.0640. The molecule has 0 saturated carbocycles. The van der Waals surface area contributed by atoms with E-state index in [1.807, 2.05) is 0 Å². The fraction of sp³-hybridized carbons (Fsp3) is 0.273. The second-order valence-corrected chi connectivity index (χ2v) is 7.32. The SMILES string of the molecule is COc1ccc(N2C(=O)CC(N(C)Cc3c([O-])on[n+]3-c3ccc(OC)cc3)C2=O)cc1. The summed E-state index contributed by atoms with van der Waals surface area (Å²) >= 11 is 0. The highest BCUT2D eigenvalue weighted by molar-refractivity contribution is 6.22. The van der Waals surface area contributed by atoms with E-state index >= 15 is 0 Å². The average molecular weight is 438 g/mol. The van der Waals surface area contributed by atoms with Crippen LogP contribution in [0.2, 0.25) is 0 Å². The van der Waals surface area contributed by atoms with Gasteiger partial charge in [-0.2, -0.15) is 0 Å². The summed E-state index contributed by atoms with van der Waals surface area (Å²) in [6, 6.07) is 12.9. The summed E-state index contributed by atoms with van der Waals surface area (Å²) in [5, 5.41) is 16.1. The molecule has 10 nitrogen and oxygen atoms in total. The number of carbonyl (C=O) groups is 2. The van der Waals surface area contributed by atoms with Crippen molar-refractivity contribution in [1.82, 2.24) is 10.2 Å². The van der Waals surface area contributed by atoms with Gasteiger partial charge in [0.2, 0.25) is 11.6 Å². The van der Waals surface area contributed by atoms with Crippen molar-refractivity contribution in [2.45, 2.75) is 19.0 Å². The number of rotatable bonds is 7. The third-order valence-corrected chi connectivity index (χ3v) is 5.40. The lowest BCUT2D eigenvalue weighted by molar-refractivity contribution is -0.678. The number of nitrogens with zero attached hydrogens (tertiary/aromatic N) is 4. The Morgan fingerprint density at radius 3 is 2.28 bits per heavy atom. The number of likely N-dealkylation sites (N-methyl/N-ethyl adjacent to an activating group) is 1. The molecule has 0 bridgehead atoms. The van der Waals surface area contributed by atoms with E-state index in [0.717, 1.165) is 4.90 Å². The predicted octanol–water partition coefficient (Wildman–Crippen LogP) is 0.806. The molecular formula is C22H22N4O6. The Kier molecular flexibility index (Phi) is 5.78. The van der Waals surface area contributed by atoms with Crippen LogP contribution in [0, 0.1) is 0 Å². The molecule has 3 aromatic rings. The number of hydrogen-bond donors (Lipinski definition) is 0. The summed E-state index contributed by atoms with van der Waals surface area (Å²) < 4.78 is 16.5. The first kappa shape index (κ1) is 21.3. The fourth-order valence-electron chi connectivity index (χ4n) is 3.63. The normalized spacial score (nSPS) is 16.1. The van der Waals surface area contributed by atoms with Gasteiger partial charge in [0.1, 0.15) is 11.5 Å². The highest BCUT2D eigenvalue weighted by Crippen LogP contribution is 2.28. The van der Waals surface area contributed by atoms with Crippen molar-refractivity contribution in [2.24, 2.45) is 0 Å². The Labute approximate surface area is 184 Å². The summed E-state index contributed by atoms with van der Waals surface area (Å²) in [5.41, 5.74) is 1.31. The summed E-state index contributed by atoms with van der Waals surface area (Å²) in [5.74, 6) is -0.000637. The van der Waals surface area contributed by atoms with Crippen LogP contribution in [0.4, 0.5) is 5.69 Å². The second-order valence-electron chi connectivity index (χ2n) is 7.32. The van der Waals surface area contributed by atoms with Gasteiger partial charge in [0, 0.05) is 12.1 Å². The third-order valence-electron chi connectivity index (χ3n) is 5.40. The van der Waals surface area contributed by atoms with Crippen molar-refractivity contribution < 1.29 is 33.4 Å². The first-order chi connectivity index (χ1) is 15.4. The van der Waals surface area contributed by atoms with Crippen molar-refractivity contribution in [2.75, 3.05) is 26.2 Å². The maximum absolute atomic E-state index is 13.0. The van der Waals surface area contributed by atoms with Crippen LogP contribution in [0.5, 0.6) is 17.4 Å². The van der Waals surface area contributed by atoms with Gasteiger partial charge in [-0.05, 0) is 48.1 Å². The summed E-state index contributed by atoms with van der Waals surface area (Å²) in [7, 11) is 4.78. The molecule has 1 saturated heterocycles. The Morgan fingerprint density at radius 1 is 1.09 bits per heavy atom. The average Bonchev–Trinajstić information content (AvgIpc) is 3.32. The van der Waals surface area contributed by atoms with Crippen molar-refractivity contribution in [3.63, 3.8) is 0 Å². The topological polar surface area (TPSA) is 112 Å². The highest BCUT2D eigenvalue weighted by atomic mass is 16.6. The second kappa shape index (κ2) is 8.67. The zero-order chi connectivity index (χ0) is 22.8. The van der Waals surface area contributed by atoms with Gasteiger partial charge in [-0.3, -0.25) is 14.5 Å². The number of imide groups is 1. The first-order valence-corrected chi connectivity index (χ1v) is 9.86. The van der Waals surface area contributed by atoms with E-state index in [1.54, 1.807) is 74.7 Å². The lowest BCUT2D eigenvalue weighted by Gasteiger charge is -2.21. The molecule has 1 fully saturated rings. The zero-order valence-corrected chi connectivity index (χ0v) is 17.8. The molecule has 2 amide bonds. The molecule has 2 heterocycles. The number of carbonyl (C=O) groups excluding carboxylic acids is 2. The summed E-state index contributed by atoms with van der Waals surface area (Å²) in [6.07, 6.45) is 0.00334. The van der Waals surface area contributed by atoms with E-state index in [2.05, 4.69) is 5.27 Å². The smallest absolute Gasteiger partial charge is 0.254 e. The van der Waals surface area contributed by atoms with Crippen molar-refractivity contribution in [3.05, 3.63) is 54.2 Å². The van der Waals surface area contributed by atoms with Gasteiger partial charge in [-0.1, -0.05) is 0 Å². The minimum absolute atomic E-state index is 0.00334. The van der Waals surface area contributed by atoms with E-state index in [0.29, 0.717) is 22.9 Å². The molecule has 4 rings (SSSR count). The Balaban J connectivity index is 1.54. The van der Waals surface area contributed by atoms with Crippen LogP contribution in [-0.2, 0) is 16.1 Å². The number of aromatic nitrogens is 2. The Morgan fingerprint density at radius 2 is 1.69 bits per heavy atom. The van der Waals surface area contributed by atoms with Gasteiger partial charge in [-0.15, -0.1) is 0 Å². The minimum Gasteiger partial charge on any atom is -0.539 e. The number of amides is 2. The van der Waals surface area contributed by atoms with Crippen LogP contribution in [0.3, 0.4) is 0 Å². The van der Waals surface area contributed by atoms with Crippen LogP contribution in [-0.4, -0.2) is 49.3 Å². The monoisotopic (exact) mass is 438 g/mol. The van der Waals surface area contributed by atoms with Crippen LogP contribution in [0.15, 0.2) is 53.1 Å². The highest BCUT2D eigenvalue weighted by Gasteiger charge is 2.42. The fourth-order valence-corrected chi connectivity index (χ4v) is 3.63. The molecule has 166 valence electrons. The van der Waals surface area contributed by atoms with Crippen LogP contribution in [0.25, 0.3) is 5.69 Å². The lowest BCUT2D eigenvalue weighted by atomic mass is 10.2. The summed E-state index contributed by atoms with van der Waals surface area (Å²) in [4.78, 5) is 28.5. The minimum atomic E-state index is -0.719. The standard InChI is InChI=1S/C22H22N4O6/c1-24(13-19-22(29)32-23-26(19)15-6-10-17(31-3)11-7-15)18-12-20(27)25(21(18)28)14-4-8-16(30-2)9-5-14/h4-11,18H,12-13H2,1-3H3. The number of methoxy groups -OCH3 is 2. The molecule has 1 aliphatic rings. The van der Waals surface area contributed by atoms with Gasteiger partial charge in [0.15, 0.2) is 5.95 Å². The molecule has 32 heavy (non-hydrogen) atoms. The van der Waals surface area contributed by atoms with Crippen molar-refractivity contribution in [1.29, 1.82) is 0 Å². The van der Waals surface area contributed by atoms with Crippen molar-refractivity contribution in [3.8, 4) is 23.1 Å². The quantitative estimate of drug-likeness (QED) is 0.393. The third kappa shape index (κ3) is 3.87. The Bertz CT molecular complexity index is 1130. The molecular weight excluding hydrogens is 416 g/mol. The van der Waals surface area contributed by atoms with Gasteiger partial charge in [0.25, 0.3) is 11.6 Å². The number of ether oxygens (including phenoxy) is 2. The molecule has 0 radical (unpaired) electrons. The number of anilines is 1. The van der Waals surface area contributed by atoms with E-state index in [-0.39, 0.29) is 30.5 Å². The molecule has 0 N–H and O–H groups in total. The molecule has 10 heteroatoms. The van der Waals surface area contributed by atoms with E-state index < -0.39 is 12.0 Å². The van der Waals surface area contributed by atoms with E-state index in [9.17, 15) is 14.7 Å². The molecule has 2 aromatic carbocycles. The molecule has 0 aliphatic carbocycles. The largest absolute Gasteiger partial charge is 0.539 e. The molecule has 1 aliphatic heterocycles. The van der Waals surface area contributed by atoms with Gasteiger partial charge in [0.05, 0.1) is 44.2 Å². The van der Waals surface area contributed by atoms with E-state index in [1.165, 1.54) is 4.68 Å². The van der Waals surface area contributed by atoms with Crippen LogP contribution in [0.1, 0.15) is 12.1 Å². The molecule has 1 unspecified atom stereocenters. The predicted molar refractivity (Wildman–Crippen MR) is 109 cm³/mol. The van der Waals surface area contributed by atoms with Crippen molar-refractivity contribution >= 4 is 17.5 Å². The maximum atomic E-state index is 13.0. The number of benzene rings is 2. The number of hydrogen-bond acceptors (Lipinski definition) is 8. The zero-order valence-electron chi connectivity index (χ0n) is 17.8. The first-order valence-electron chi connectivity index (χ1n) is 9.86. The molecule has 0 spiro atoms. The molecule has 1 aromatic heterocycles. The van der Waals surface area contributed by atoms with E-state index in [4.69, 9.17) is 14.0 Å². The van der Waals surface area contributed by atoms with Crippen LogP contribution >= 0.6 is 0 Å². The van der Waals surface area contributed by atoms with Gasteiger partial charge < -0.3 is 19.1 Å². The molecule has 1 atom stereocenters. The maximum Gasteiger partial charge on any atom is 0.254 e. The Hall–Kier alpha value is -3.92.